The van der Waals surface area contributed by atoms with E-state index in [1.165, 1.54) is 7.11 Å². The predicted octanol–water partition coefficient (Wildman–Crippen LogP) is 0.354. The molecule has 0 spiro atoms. The molecule has 2 N–H and O–H groups in total. The van der Waals surface area contributed by atoms with Crippen LogP contribution >= 0.6 is 0 Å². The van der Waals surface area contributed by atoms with E-state index in [4.69, 9.17) is 15.2 Å². The third-order valence-corrected chi connectivity index (χ3v) is 3.63. The third kappa shape index (κ3) is 1.94. The Bertz CT molecular complexity index is 376. The number of carbonyl (C=O) groups is 2. The molecule has 102 valence electrons. The fourth-order valence-corrected chi connectivity index (χ4v) is 2.62. The zero-order valence-corrected chi connectivity index (χ0v) is 11.2. The largest absolute Gasteiger partial charge is 0.468 e. The molecule has 2 fully saturated rings. The fourth-order valence-electron chi connectivity index (χ4n) is 2.62. The topological polar surface area (TPSA) is 81.9 Å². The summed E-state index contributed by atoms with van der Waals surface area (Å²) in [4.78, 5) is 25.0. The molecule has 0 radical (unpaired) electrons. The first kappa shape index (κ1) is 13.1. The SMILES string of the molecule is COC(=O)C1(N)C2CN(C(=O)OC(C)(C)C)CC21. The van der Waals surface area contributed by atoms with Crippen LogP contribution in [-0.2, 0) is 14.3 Å². The maximum Gasteiger partial charge on any atom is 0.410 e. The molecule has 1 heterocycles. The van der Waals surface area contributed by atoms with Gasteiger partial charge in [0.25, 0.3) is 0 Å². The molecule has 6 nitrogen and oxygen atoms in total. The van der Waals surface area contributed by atoms with Crippen molar-refractivity contribution in [1.82, 2.24) is 4.90 Å². The summed E-state index contributed by atoms with van der Waals surface area (Å²) >= 11 is 0. The van der Waals surface area contributed by atoms with Crippen LogP contribution in [0.4, 0.5) is 4.79 Å². The minimum Gasteiger partial charge on any atom is -0.468 e. The molecule has 2 unspecified atom stereocenters. The number of ether oxygens (including phenoxy) is 2. The third-order valence-electron chi connectivity index (χ3n) is 3.63. The zero-order chi connectivity index (χ0) is 13.7. The number of piperidine rings is 1. The highest BCUT2D eigenvalue weighted by atomic mass is 16.6. The molecule has 2 aliphatic rings. The van der Waals surface area contributed by atoms with Crippen LogP contribution < -0.4 is 5.73 Å². The monoisotopic (exact) mass is 256 g/mol. The highest BCUT2D eigenvalue weighted by Crippen LogP contribution is 2.54. The number of likely N-dealkylation sites (tertiary alicyclic amines) is 1. The Morgan fingerprint density at radius 2 is 1.78 bits per heavy atom. The maximum absolute atomic E-state index is 11.8. The average Bonchev–Trinajstić information content (AvgIpc) is 2.64. The van der Waals surface area contributed by atoms with Gasteiger partial charge in [0.2, 0.25) is 0 Å². The number of hydrogen-bond donors (Lipinski definition) is 1. The van der Waals surface area contributed by atoms with Crippen LogP contribution in [0.2, 0.25) is 0 Å². The minimum absolute atomic E-state index is 0.00234. The molecule has 1 aliphatic heterocycles. The molecule has 6 heteroatoms. The van der Waals surface area contributed by atoms with Crippen molar-refractivity contribution in [3.8, 4) is 0 Å². The molecular weight excluding hydrogens is 236 g/mol. The summed E-state index contributed by atoms with van der Waals surface area (Å²) in [7, 11) is 1.33. The van der Waals surface area contributed by atoms with Gasteiger partial charge in [-0.1, -0.05) is 0 Å². The highest BCUT2D eigenvalue weighted by molar-refractivity contribution is 5.87. The van der Waals surface area contributed by atoms with E-state index in [0.717, 1.165) is 0 Å². The lowest BCUT2D eigenvalue weighted by Gasteiger charge is -2.27. The van der Waals surface area contributed by atoms with Gasteiger partial charge in [-0.05, 0) is 20.8 Å². The average molecular weight is 256 g/mol. The van der Waals surface area contributed by atoms with Crippen LogP contribution in [0.3, 0.4) is 0 Å². The Balaban J connectivity index is 1.92. The van der Waals surface area contributed by atoms with E-state index in [1.807, 2.05) is 20.8 Å². The van der Waals surface area contributed by atoms with Crippen molar-refractivity contribution in [2.45, 2.75) is 31.9 Å². The van der Waals surface area contributed by atoms with Gasteiger partial charge >= 0.3 is 12.1 Å². The van der Waals surface area contributed by atoms with Gasteiger partial charge in [-0.3, -0.25) is 4.79 Å². The van der Waals surface area contributed by atoms with Crippen molar-refractivity contribution in [1.29, 1.82) is 0 Å². The van der Waals surface area contributed by atoms with E-state index in [-0.39, 0.29) is 23.9 Å². The Hall–Kier alpha value is -1.30. The van der Waals surface area contributed by atoms with Crippen molar-refractivity contribution >= 4 is 12.1 Å². The van der Waals surface area contributed by atoms with E-state index in [9.17, 15) is 9.59 Å². The summed E-state index contributed by atoms with van der Waals surface area (Å²) in [6.45, 7) is 6.40. The zero-order valence-electron chi connectivity index (χ0n) is 11.2. The number of hydrogen-bond acceptors (Lipinski definition) is 5. The summed E-state index contributed by atoms with van der Waals surface area (Å²) < 4.78 is 9.97. The number of esters is 1. The van der Waals surface area contributed by atoms with Crippen molar-refractivity contribution < 1.29 is 19.1 Å². The standard InChI is InChI=1S/C12H20N2O4/c1-11(2,3)18-10(16)14-5-7-8(6-14)12(7,13)9(15)17-4/h7-8H,5-6,13H2,1-4H3. The highest BCUT2D eigenvalue weighted by Gasteiger charge is 2.72. The second-order valence-corrected chi connectivity index (χ2v) is 6.02. The minimum atomic E-state index is -0.896. The summed E-state index contributed by atoms with van der Waals surface area (Å²) in [5.41, 5.74) is 4.58. The lowest BCUT2D eigenvalue weighted by atomic mass is 10.1. The number of fused-ring (bicyclic) bond motifs is 1. The van der Waals surface area contributed by atoms with Gasteiger partial charge in [0.05, 0.1) is 7.11 Å². The second-order valence-electron chi connectivity index (χ2n) is 6.02. The van der Waals surface area contributed by atoms with Gasteiger partial charge in [0.1, 0.15) is 11.1 Å². The molecule has 1 saturated heterocycles. The van der Waals surface area contributed by atoms with E-state index in [1.54, 1.807) is 4.90 Å². The molecule has 1 amide bonds. The number of methoxy groups -OCH3 is 1. The van der Waals surface area contributed by atoms with Crippen molar-refractivity contribution in [2.24, 2.45) is 17.6 Å². The van der Waals surface area contributed by atoms with Gasteiger partial charge in [-0.2, -0.15) is 0 Å². The predicted molar refractivity (Wildman–Crippen MR) is 63.7 cm³/mol. The van der Waals surface area contributed by atoms with Crippen molar-refractivity contribution in [3.63, 3.8) is 0 Å². The van der Waals surface area contributed by atoms with Gasteiger partial charge in [0, 0.05) is 24.9 Å². The van der Waals surface area contributed by atoms with Gasteiger partial charge in [-0.25, -0.2) is 4.79 Å². The molecule has 0 bridgehead atoms. The lowest BCUT2D eigenvalue weighted by Crippen LogP contribution is -2.46. The number of rotatable bonds is 1. The number of nitrogens with two attached hydrogens (primary N) is 1. The molecule has 2 atom stereocenters. The molecule has 0 aromatic carbocycles. The molecular formula is C12H20N2O4. The molecule has 2 rings (SSSR count). The van der Waals surface area contributed by atoms with Gasteiger partial charge < -0.3 is 20.1 Å². The van der Waals surface area contributed by atoms with Crippen LogP contribution in [0.15, 0.2) is 0 Å². The Morgan fingerprint density at radius 1 is 1.28 bits per heavy atom. The van der Waals surface area contributed by atoms with E-state index in [2.05, 4.69) is 0 Å². The summed E-state index contributed by atoms with van der Waals surface area (Å²) in [5.74, 6) is -0.392. The van der Waals surface area contributed by atoms with Gasteiger partial charge in [-0.15, -0.1) is 0 Å². The van der Waals surface area contributed by atoms with Crippen LogP contribution in [0.5, 0.6) is 0 Å². The molecule has 0 aromatic heterocycles. The van der Waals surface area contributed by atoms with Crippen LogP contribution in [0.25, 0.3) is 0 Å². The summed E-state index contributed by atoms with van der Waals surface area (Å²) in [6.07, 6.45) is -0.345. The maximum atomic E-state index is 11.8. The number of carbonyl (C=O) groups excluding carboxylic acids is 2. The molecule has 18 heavy (non-hydrogen) atoms. The first-order valence-electron chi connectivity index (χ1n) is 6.05. The first-order chi connectivity index (χ1) is 8.20. The van der Waals surface area contributed by atoms with Crippen LogP contribution in [0, 0.1) is 11.8 Å². The number of amides is 1. The molecule has 1 saturated carbocycles. The molecule has 1 aliphatic carbocycles. The van der Waals surface area contributed by atoms with Gasteiger partial charge in [0.15, 0.2) is 0 Å². The van der Waals surface area contributed by atoms with Crippen LogP contribution in [-0.4, -0.2) is 48.3 Å². The first-order valence-corrected chi connectivity index (χ1v) is 6.05. The summed E-state index contributed by atoms with van der Waals surface area (Å²) in [6, 6.07) is 0. The number of nitrogens with zero attached hydrogens (tertiary/aromatic N) is 1. The van der Waals surface area contributed by atoms with E-state index < -0.39 is 11.1 Å². The fraction of sp³-hybridized carbons (Fsp3) is 0.833. The smallest absolute Gasteiger partial charge is 0.410 e. The lowest BCUT2D eigenvalue weighted by molar-refractivity contribution is -0.144. The summed E-state index contributed by atoms with van der Waals surface area (Å²) in [5, 5.41) is 0. The van der Waals surface area contributed by atoms with Crippen molar-refractivity contribution in [3.05, 3.63) is 0 Å². The normalized spacial score (nSPS) is 33.9. The Kier molecular flexibility index (Phi) is 2.81. The van der Waals surface area contributed by atoms with Crippen LogP contribution in [0.1, 0.15) is 20.8 Å². The second kappa shape index (κ2) is 3.85. The quantitative estimate of drug-likeness (QED) is 0.685. The van der Waals surface area contributed by atoms with E-state index in [0.29, 0.717) is 13.1 Å². The molecule has 0 aromatic rings. The van der Waals surface area contributed by atoms with E-state index >= 15 is 0 Å². The Morgan fingerprint density at radius 3 is 2.17 bits per heavy atom. The Labute approximate surface area is 106 Å². The van der Waals surface area contributed by atoms with Crippen molar-refractivity contribution in [2.75, 3.05) is 20.2 Å².